The van der Waals surface area contributed by atoms with Gasteiger partial charge in [0.05, 0.1) is 6.61 Å². The molecule has 1 aromatic carbocycles. The van der Waals surface area contributed by atoms with Crippen LogP contribution in [0.4, 0.5) is 4.79 Å². The molecule has 1 rings (SSSR count). The molecule has 0 bridgehead atoms. The average molecular weight is 252 g/mol. The van der Waals surface area contributed by atoms with Gasteiger partial charge in [0, 0.05) is 12.6 Å². The Morgan fingerprint density at radius 3 is 2.78 bits per heavy atom. The first-order valence-corrected chi connectivity index (χ1v) is 6.05. The summed E-state index contributed by atoms with van der Waals surface area (Å²) in [6.45, 7) is 2.35. The van der Waals surface area contributed by atoms with E-state index in [0.29, 0.717) is 13.0 Å². The molecule has 18 heavy (non-hydrogen) atoms. The number of aliphatic hydroxyl groups excluding tert-OH is 1. The van der Waals surface area contributed by atoms with Gasteiger partial charge in [0.25, 0.3) is 0 Å². The predicted octanol–water partition coefficient (Wildman–Crippen LogP) is 1.58. The maximum atomic E-state index is 11.4. The highest BCUT2D eigenvalue weighted by atomic mass is 16.7. The molecule has 1 unspecified atom stereocenters. The number of hydroxylamine groups is 1. The zero-order valence-corrected chi connectivity index (χ0v) is 10.6. The van der Waals surface area contributed by atoms with Crippen molar-refractivity contribution in [2.24, 2.45) is 0 Å². The Balaban J connectivity index is 2.13. The molecule has 0 saturated heterocycles. The minimum Gasteiger partial charge on any atom is -0.396 e. The van der Waals surface area contributed by atoms with Gasteiger partial charge in [-0.15, -0.1) is 0 Å². The fraction of sp³-hybridized carbons (Fsp3) is 0.462. The number of rotatable bonds is 7. The second-order valence-corrected chi connectivity index (χ2v) is 4.12. The van der Waals surface area contributed by atoms with Crippen LogP contribution in [0.3, 0.4) is 0 Å². The number of nitrogens with one attached hydrogen (secondary N) is 2. The van der Waals surface area contributed by atoms with Crippen molar-refractivity contribution in [1.29, 1.82) is 0 Å². The normalized spacial score (nSPS) is 11.9. The molecular weight excluding hydrogens is 232 g/mol. The molecule has 1 aromatic rings. The molecule has 0 aromatic heterocycles. The van der Waals surface area contributed by atoms with Crippen LogP contribution in [0.25, 0.3) is 0 Å². The second kappa shape index (κ2) is 8.49. The van der Waals surface area contributed by atoms with E-state index in [0.717, 1.165) is 12.0 Å². The Morgan fingerprint density at radius 2 is 2.11 bits per heavy atom. The van der Waals surface area contributed by atoms with Crippen molar-refractivity contribution < 1.29 is 14.7 Å². The number of hydrogen-bond acceptors (Lipinski definition) is 3. The summed E-state index contributed by atoms with van der Waals surface area (Å²) in [5.74, 6) is 0. The van der Waals surface area contributed by atoms with E-state index in [1.807, 2.05) is 37.3 Å². The maximum absolute atomic E-state index is 11.4. The summed E-state index contributed by atoms with van der Waals surface area (Å²) in [6.07, 6.45) is 1.41. The largest absolute Gasteiger partial charge is 0.396 e. The lowest BCUT2D eigenvalue weighted by Crippen LogP contribution is -2.40. The minimum atomic E-state index is -0.364. The Bertz CT molecular complexity index is 343. The number of benzene rings is 1. The first-order chi connectivity index (χ1) is 8.72. The van der Waals surface area contributed by atoms with Gasteiger partial charge in [-0.3, -0.25) is 4.84 Å². The standard InChI is InChI=1S/C13H20N2O3/c1-11(6-5-9-16)14-13(17)15-18-10-12-7-3-2-4-8-12/h2-4,7-8,11,16H,5-6,9-10H2,1H3,(H2,14,15,17). The quantitative estimate of drug-likeness (QED) is 0.645. The van der Waals surface area contributed by atoms with Crippen LogP contribution in [0.1, 0.15) is 25.3 Å². The third-order valence-corrected chi connectivity index (χ3v) is 2.42. The van der Waals surface area contributed by atoms with Crippen LogP contribution >= 0.6 is 0 Å². The summed E-state index contributed by atoms with van der Waals surface area (Å²) >= 11 is 0. The van der Waals surface area contributed by atoms with Crippen LogP contribution in [-0.4, -0.2) is 23.8 Å². The molecule has 1 atom stereocenters. The molecule has 3 N–H and O–H groups in total. The highest BCUT2D eigenvalue weighted by Gasteiger charge is 2.06. The third-order valence-electron chi connectivity index (χ3n) is 2.42. The first-order valence-electron chi connectivity index (χ1n) is 6.05. The Kier molecular flexibility index (Phi) is 6.83. The van der Waals surface area contributed by atoms with E-state index >= 15 is 0 Å². The van der Waals surface area contributed by atoms with Crippen molar-refractivity contribution in [3.63, 3.8) is 0 Å². The Hall–Kier alpha value is -1.59. The second-order valence-electron chi connectivity index (χ2n) is 4.12. The number of carbonyl (C=O) groups is 1. The summed E-state index contributed by atoms with van der Waals surface area (Å²) in [7, 11) is 0. The monoisotopic (exact) mass is 252 g/mol. The highest BCUT2D eigenvalue weighted by molar-refractivity contribution is 5.72. The van der Waals surface area contributed by atoms with Crippen LogP contribution in [0.15, 0.2) is 30.3 Å². The molecular formula is C13H20N2O3. The van der Waals surface area contributed by atoms with Gasteiger partial charge < -0.3 is 10.4 Å². The average Bonchev–Trinajstić information content (AvgIpc) is 2.37. The van der Waals surface area contributed by atoms with Gasteiger partial charge in [0.1, 0.15) is 0 Å². The molecule has 5 heteroatoms. The van der Waals surface area contributed by atoms with E-state index in [4.69, 9.17) is 9.94 Å². The summed E-state index contributed by atoms with van der Waals surface area (Å²) in [6, 6.07) is 9.24. The van der Waals surface area contributed by atoms with Gasteiger partial charge in [0.15, 0.2) is 0 Å². The molecule has 0 saturated carbocycles. The van der Waals surface area contributed by atoms with Gasteiger partial charge >= 0.3 is 6.03 Å². The SMILES string of the molecule is CC(CCCO)NC(=O)NOCc1ccccc1. The third kappa shape index (κ3) is 6.22. The van der Waals surface area contributed by atoms with Crippen molar-refractivity contribution in [2.75, 3.05) is 6.61 Å². The van der Waals surface area contributed by atoms with E-state index < -0.39 is 0 Å². The van der Waals surface area contributed by atoms with Crippen molar-refractivity contribution in [3.8, 4) is 0 Å². The smallest absolute Gasteiger partial charge is 0.338 e. The minimum absolute atomic E-state index is 0.0116. The lowest BCUT2D eigenvalue weighted by molar-refractivity contribution is 0.0481. The summed E-state index contributed by atoms with van der Waals surface area (Å²) in [4.78, 5) is 16.5. The van der Waals surface area contributed by atoms with Crippen LogP contribution in [-0.2, 0) is 11.4 Å². The molecule has 0 aliphatic heterocycles. The summed E-state index contributed by atoms with van der Waals surface area (Å²) < 4.78 is 0. The van der Waals surface area contributed by atoms with E-state index in [1.54, 1.807) is 0 Å². The number of carbonyl (C=O) groups excluding carboxylic acids is 1. The van der Waals surface area contributed by atoms with Crippen molar-refractivity contribution in [2.45, 2.75) is 32.4 Å². The Morgan fingerprint density at radius 1 is 1.39 bits per heavy atom. The first kappa shape index (κ1) is 14.5. The van der Waals surface area contributed by atoms with Gasteiger partial charge in [-0.25, -0.2) is 10.3 Å². The fourth-order valence-corrected chi connectivity index (χ4v) is 1.48. The zero-order valence-electron chi connectivity index (χ0n) is 10.6. The lowest BCUT2D eigenvalue weighted by atomic mass is 10.2. The van der Waals surface area contributed by atoms with Crippen molar-refractivity contribution in [3.05, 3.63) is 35.9 Å². The molecule has 100 valence electrons. The molecule has 0 fully saturated rings. The number of hydrogen-bond donors (Lipinski definition) is 3. The zero-order chi connectivity index (χ0) is 13.2. The summed E-state index contributed by atoms with van der Waals surface area (Å²) in [5.41, 5.74) is 3.32. The van der Waals surface area contributed by atoms with Crippen molar-refractivity contribution >= 4 is 6.03 Å². The highest BCUT2D eigenvalue weighted by Crippen LogP contribution is 1.99. The van der Waals surface area contributed by atoms with Gasteiger partial charge in [-0.1, -0.05) is 30.3 Å². The molecule has 0 aliphatic carbocycles. The van der Waals surface area contributed by atoms with E-state index in [2.05, 4.69) is 10.8 Å². The molecule has 0 spiro atoms. The molecule has 0 heterocycles. The van der Waals surface area contributed by atoms with E-state index in [1.165, 1.54) is 0 Å². The maximum Gasteiger partial charge on any atom is 0.338 e. The van der Waals surface area contributed by atoms with Crippen molar-refractivity contribution in [1.82, 2.24) is 10.8 Å². The number of amides is 2. The van der Waals surface area contributed by atoms with E-state index in [9.17, 15) is 4.79 Å². The van der Waals surface area contributed by atoms with Crippen LogP contribution in [0.2, 0.25) is 0 Å². The lowest BCUT2D eigenvalue weighted by Gasteiger charge is -2.13. The van der Waals surface area contributed by atoms with E-state index in [-0.39, 0.29) is 18.7 Å². The number of urea groups is 1. The fourth-order valence-electron chi connectivity index (χ4n) is 1.48. The van der Waals surface area contributed by atoms with Gasteiger partial charge in [-0.05, 0) is 25.3 Å². The van der Waals surface area contributed by atoms with Crippen LogP contribution in [0.5, 0.6) is 0 Å². The summed E-state index contributed by atoms with van der Waals surface area (Å²) in [5, 5.41) is 11.4. The van der Waals surface area contributed by atoms with Crippen LogP contribution in [0, 0.1) is 0 Å². The molecule has 0 aliphatic rings. The molecule has 0 radical (unpaired) electrons. The Labute approximate surface area is 107 Å². The van der Waals surface area contributed by atoms with Gasteiger partial charge in [0.2, 0.25) is 0 Å². The van der Waals surface area contributed by atoms with Crippen LogP contribution < -0.4 is 10.8 Å². The predicted molar refractivity (Wildman–Crippen MR) is 68.7 cm³/mol. The molecule has 5 nitrogen and oxygen atoms in total. The molecule has 2 amide bonds. The van der Waals surface area contributed by atoms with Gasteiger partial charge in [-0.2, -0.15) is 0 Å². The topological polar surface area (TPSA) is 70.6 Å². The number of aliphatic hydroxyl groups is 1.